The van der Waals surface area contributed by atoms with Gasteiger partial charge in [-0.25, -0.2) is 0 Å². The van der Waals surface area contributed by atoms with Crippen molar-refractivity contribution in [2.75, 3.05) is 0 Å². The first-order valence-electron chi connectivity index (χ1n) is 18.1. The fourth-order valence-electron chi connectivity index (χ4n) is 8.26. The minimum Gasteiger partial charge on any atom is -0.134 e. The normalized spacial score (nSPS) is 12.1. The van der Waals surface area contributed by atoms with E-state index in [1.807, 2.05) is 45.3 Å². The van der Waals surface area contributed by atoms with Crippen LogP contribution in [0.1, 0.15) is 0 Å². The Bertz CT molecular complexity index is 2940. The molecule has 0 aliphatic heterocycles. The van der Waals surface area contributed by atoms with Crippen molar-refractivity contribution in [3.8, 4) is 41.8 Å². The molecule has 0 unspecified atom stereocenters. The van der Waals surface area contributed by atoms with E-state index in [-0.39, 0.29) is 0 Å². The fraction of sp³-hybridized carbons (Fsp3) is 0. The molecule has 4 aromatic heterocycles. The first-order valence-corrected chi connectivity index (χ1v) is 21.4. The summed E-state index contributed by atoms with van der Waals surface area (Å²) in [6.45, 7) is 0. The van der Waals surface area contributed by atoms with Crippen LogP contribution in [-0.4, -0.2) is 0 Å². The van der Waals surface area contributed by atoms with Gasteiger partial charge in [-0.15, -0.1) is 45.3 Å². The van der Waals surface area contributed by atoms with E-state index in [1.54, 1.807) is 0 Å². The number of hydrogen-bond acceptors (Lipinski definition) is 4. The molecule has 252 valence electrons. The molecule has 0 N–H and O–H groups in total. The molecule has 0 amide bonds. The number of rotatable bonds is 4. The first-order chi connectivity index (χ1) is 26.7. The SMILES string of the molecule is c1ccc(-c2cc3c4cc5cc6c(cc5cc4c4cc(-c5ccccc5)sc4c3s2)c2cc(-c3ccccc3)sc2c2sc(-c3ccccc3)cc62)cc1. The van der Waals surface area contributed by atoms with Crippen molar-refractivity contribution < 1.29 is 0 Å². The zero-order valence-corrected chi connectivity index (χ0v) is 32.1. The lowest BCUT2D eigenvalue weighted by atomic mass is 9.94. The van der Waals surface area contributed by atoms with Gasteiger partial charge in [0.05, 0.1) is 18.8 Å². The van der Waals surface area contributed by atoms with E-state index in [9.17, 15) is 0 Å². The van der Waals surface area contributed by atoms with Crippen LogP contribution in [0.25, 0.3) is 114 Å². The molecule has 0 radical (unpaired) electrons. The molecule has 12 aromatic rings. The second kappa shape index (κ2) is 11.9. The van der Waals surface area contributed by atoms with Gasteiger partial charge in [0.2, 0.25) is 0 Å². The Hall–Kier alpha value is -5.62. The van der Waals surface area contributed by atoms with Gasteiger partial charge in [0.15, 0.2) is 0 Å². The van der Waals surface area contributed by atoms with E-state index >= 15 is 0 Å². The highest BCUT2D eigenvalue weighted by Crippen LogP contribution is 2.51. The predicted molar refractivity (Wildman–Crippen MR) is 242 cm³/mol. The molecule has 12 rings (SSSR count). The molecule has 4 heterocycles. The van der Waals surface area contributed by atoms with Crippen LogP contribution < -0.4 is 0 Å². The van der Waals surface area contributed by atoms with E-state index in [1.165, 1.54) is 114 Å². The summed E-state index contributed by atoms with van der Waals surface area (Å²) in [4.78, 5) is 5.26. The third-order valence-electron chi connectivity index (χ3n) is 10.8. The van der Waals surface area contributed by atoms with Crippen LogP contribution in [0.4, 0.5) is 0 Å². The monoisotopic (exact) mass is 756 g/mol. The lowest BCUT2D eigenvalue weighted by Crippen LogP contribution is -1.82. The molecule has 0 saturated carbocycles. The average molecular weight is 757 g/mol. The van der Waals surface area contributed by atoms with Crippen molar-refractivity contribution in [2.24, 2.45) is 0 Å². The third kappa shape index (κ3) is 4.71. The van der Waals surface area contributed by atoms with Crippen molar-refractivity contribution >= 4 is 118 Å². The fourth-order valence-corrected chi connectivity index (χ4v) is 13.3. The largest absolute Gasteiger partial charge is 0.134 e. The molecule has 0 aliphatic carbocycles. The summed E-state index contributed by atoms with van der Waals surface area (Å²) >= 11 is 7.71. The van der Waals surface area contributed by atoms with Gasteiger partial charge in [0, 0.05) is 41.1 Å². The molecule has 0 fully saturated rings. The van der Waals surface area contributed by atoms with Gasteiger partial charge >= 0.3 is 0 Å². The van der Waals surface area contributed by atoms with Crippen molar-refractivity contribution in [3.05, 3.63) is 170 Å². The Balaban J connectivity index is 1.19. The van der Waals surface area contributed by atoms with Crippen LogP contribution in [0.2, 0.25) is 0 Å². The maximum atomic E-state index is 2.48. The Morgan fingerprint density at radius 2 is 0.444 bits per heavy atom. The summed E-state index contributed by atoms with van der Waals surface area (Å²) in [6, 6.07) is 63.1. The molecule has 0 atom stereocenters. The maximum absolute atomic E-state index is 2.48. The number of thiophene rings is 4. The Morgan fingerprint density at radius 1 is 0.222 bits per heavy atom. The van der Waals surface area contributed by atoms with Crippen LogP contribution in [-0.2, 0) is 0 Å². The van der Waals surface area contributed by atoms with Gasteiger partial charge in [-0.3, -0.25) is 0 Å². The summed E-state index contributed by atoms with van der Waals surface area (Å²) in [7, 11) is 0. The van der Waals surface area contributed by atoms with Gasteiger partial charge in [-0.05, 0) is 103 Å². The van der Waals surface area contributed by atoms with Gasteiger partial charge in [-0.2, -0.15) is 0 Å². The number of fused-ring (bicyclic) bond motifs is 13. The van der Waals surface area contributed by atoms with Crippen molar-refractivity contribution in [1.29, 1.82) is 0 Å². The maximum Gasteiger partial charge on any atom is 0.0534 e. The molecule has 0 spiro atoms. The summed E-state index contributed by atoms with van der Waals surface area (Å²) < 4.78 is 5.52. The predicted octanol–water partition coefficient (Wildman–Crippen LogP) is 16.7. The van der Waals surface area contributed by atoms with Crippen LogP contribution in [0.3, 0.4) is 0 Å². The van der Waals surface area contributed by atoms with Gasteiger partial charge < -0.3 is 0 Å². The van der Waals surface area contributed by atoms with E-state index in [0.717, 1.165) is 0 Å². The molecule has 0 saturated heterocycles. The van der Waals surface area contributed by atoms with Gasteiger partial charge in [-0.1, -0.05) is 121 Å². The van der Waals surface area contributed by atoms with Crippen LogP contribution in [0.5, 0.6) is 0 Å². The standard InChI is InChI=1S/C50H28S4/c1-5-13-29(14-6-1)43-25-39-35-21-33-23-37-38(24-34(33)22-36(35)40-26-44(30-15-7-2-8-16-30)52-48(40)47(39)51-43)42-28-46(32-19-11-4-12-20-32)54-50(42)49-41(37)27-45(53-49)31-17-9-3-10-18-31/h1-28H. The molecule has 0 nitrogen and oxygen atoms in total. The van der Waals surface area contributed by atoms with Gasteiger partial charge in [0.1, 0.15) is 0 Å². The van der Waals surface area contributed by atoms with E-state index in [2.05, 4.69) is 170 Å². The second-order valence-electron chi connectivity index (χ2n) is 14.0. The second-order valence-corrected chi connectivity index (χ2v) is 18.2. The molecule has 0 aliphatic rings. The van der Waals surface area contributed by atoms with E-state index in [0.29, 0.717) is 0 Å². The summed E-state index contributed by atoms with van der Waals surface area (Å²) in [5.74, 6) is 0. The van der Waals surface area contributed by atoms with Crippen LogP contribution >= 0.6 is 45.3 Å². The van der Waals surface area contributed by atoms with Crippen molar-refractivity contribution in [3.63, 3.8) is 0 Å². The Labute approximate surface area is 327 Å². The summed E-state index contributed by atoms with van der Waals surface area (Å²) in [5, 5.41) is 13.3. The minimum atomic E-state index is 1.27. The smallest absolute Gasteiger partial charge is 0.0534 e. The number of benzene rings is 8. The summed E-state index contributed by atoms with van der Waals surface area (Å²) in [6.07, 6.45) is 0. The number of hydrogen-bond donors (Lipinski definition) is 0. The topological polar surface area (TPSA) is 0 Å². The third-order valence-corrected chi connectivity index (χ3v) is 15.9. The zero-order chi connectivity index (χ0) is 35.3. The first kappa shape index (κ1) is 30.8. The lowest BCUT2D eigenvalue weighted by molar-refractivity contribution is 1.70. The van der Waals surface area contributed by atoms with E-state index in [4.69, 9.17) is 0 Å². The highest BCUT2D eigenvalue weighted by Gasteiger charge is 2.20. The molecule has 54 heavy (non-hydrogen) atoms. The molecule has 0 bridgehead atoms. The highest BCUT2D eigenvalue weighted by atomic mass is 32.1. The average Bonchev–Trinajstić information content (AvgIpc) is 4.06. The molecule has 8 aromatic carbocycles. The van der Waals surface area contributed by atoms with Gasteiger partial charge in [0.25, 0.3) is 0 Å². The quantitative estimate of drug-likeness (QED) is 0.157. The lowest BCUT2D eigenvalue weighted by Gasteiger charge is -2.10. The van der Waals surface area contributed by atoms with Crippen molar-refractivity contribution in [2.45, 2.75) is 0 Å². The molecule has 4 heteroatoms. The summed E-state index contributed by atoms with van der Waals surface area (Å²) in [5.41, 5.74) is 5.09. The van der Waals surface area contributed by atoms with Crippen molar-refractivity contribution in [1.82, 2.24) is 0 Å². The Kier molecular flexibility index (Phi) is 6.81. The van der Waals surface area contributed by atoms with Crippen LogP contribution in [0.15, 0.2) is 170 Å². The van der Waals surface area contributed by atoms with Crippen LogP contribution in [0, 0.1) is 0 Å². The highest BCUT2D eigenvalue weighted by molar-refractivity contribution is 7.31. The minimum absolute atomic E-state index is 1.27. The van der Waals surface area contributed by atoms with E-state index < -0.39 is 0 Å². The molecular formula is C50H28S4. The molecular weight excluding hydrogens is 729 g/mol. The Morgan fingerprint density at radius 3 is 0.667 bits per heavy atom. The zero-order valence-electron chi connectivity index (χ0n) is 28.8.